The number of carboxylic acid groups (broad SMARTS) is 1. The number of aliphatic hydroxyl groups excluding tert-OH is 11. The number of amides is 2. The Hall–Kier alpha value is -2.53. The summed E-state index contributed by atoms with van der Waals surface area (Å²) in [6.45, 7) is 2.25. The number of aliphatic hydroxyl groups is 11. The Morgan fingerprint density at radius 3 is 1.36 bits per heavy atom. The highest BCUT2D eigenvalue weighted by Gasteiger charge is 2.60. The van der Waals surface area contributed by atoms with Crippen molar-refractivity contribution < 1.29 is 104 Å². The maximum Gasteiger partial charge on any atom is 0.364 e. The van der Waals surface area contributed by atoms with Crippen molar-refractivity contribution in [1.29, 1.82) is 0 Å². The lowest BCUT2D eigenvalue weighted by Crippen LogP contribution is -2.70. The van der Waals surface area contributed by atoms with Gasteiger partial charge < -0.3 is 100 Å². The molecule has 0 bridgehead atoms. The quantitative estimate of drug-likeness (QED) is 0.0199. The standard InChI is InChI=1S/C76H142N2O21/c1-4-6-8-10-12-14-16-18-20-22-24-26-28-29-31-33-35-37-39-41-43-45-47-49-58(83)57(78-63(86)50-48-46-44-42-40-38-36-34-32-30-27-25-23-21-19-17-15-13-11-9-7-5-2)55-94-73-68(90)67(89)70(62(54-81)96-73)97-74-69(91)72(66(88)61(53-80)95-74)99-76(75(92)93)51-59(84)64(77-56(3)82)71(98-76)65(87)60(85)52-79/h30,32,57-62,64-74,79-81,83-85,87-91H,4-29,31,33-55H2,1-3H3,(H,77,82)(H,78,86)(H,92,93)/b32-30-. The van der Waals surface area contributed by atoms with E-state index < -0.39 is 148 Å². The first-order valence-corrected chi connectivity index (χ1v) is 39.5. The molecule has 2 amide bonds. The van der Waals surface area contributed by atoms with Crippen LogP contribution in [0, 0.1) is 0 Å². The zero-order valence-corrected chi connectivity index (χ0v) is 61.4. The molecular formula is C76H142N2O21. The van der Waals surface area contributed by atoms with Crippen molar-refractivity contribution in [2.75, 3.05) is 26.4 Å². The summed E-state index contributed by atoms with van der Waals surface area (Å²) in [7, 11) is 0. The molecule has 0 radical (unpaired) electrons. The summed E-state index contributed by atoms with van der Waals surface area (Å²) in [6, 6.07) is -2.53. The highest BCUT2D eigenvalue weighted by atomic mass is 16.8. The molecule has 0 aromatic rings. The van der Waals surface area contributed by atoms with E-state index in [2.05, 4.69) is 36.6 Å². The summed E-state index contributed by atoms with van der Waals surface area (Å²) in [5, 5.41) is 137. The monoisotopic (exact) mass is 1420 g/mol. The summed E-state index contributed by atoms with van der Waals surface area (Å²) >= 11 is 0. The molecule has 0 spiro atoms. The molecule has 99 heavy (non-hydrogen) atoms. The number of aliphatic carboxylic acids is 1. The Kier molecular flexibility index (Phi) is 51.2. The van der Waals surface area contributed by atoms with Gasteiger partial charge in [0.25, 0.3) is 5.79 Å². The van der Waals surface area contributed by atoms with Crippen LogP contribution in [0.2, 0.25) is 0 Å². The first-order chi connectivity index (χ1) is 47.9. The molecule has 3 saturated heterocycles. The number of rotatable bonds is 62. The normalized spacial score (nSPS) is 27.1. The summed E-state index contributed by atoms with van der Waals surface area (Å²) in [4.78, 5) is 38.7. The molecule has 3 rings (SSSR count). The third-order valence-electron chi connectivity index (χ3n) is 20.2. The predicted molar refractivity (Wildman–Crippen MR) is 380 cm³/mol. The van der Waals surface area contributed by atoms with Gasteiger partial charge in [-0.3, -0.25) is 9.59 Å². The van der Waals surface area contributed by atoms with E-state index in [1.807, 2.05) is 0 Å². The Morgan fingerprint density at radius 1 is 0.515 bits per heavy atom. The second kappa shape index (κ2) is 55.9. The Balaban J connectivity index is 1.53. The molecule has 3 fully saturated rings. The van der Waals surface area contributed by atoms with Crippen molar-refractivity contribution in [3.8, 4) is 0 Å². The van der Waals surface area contributed by atoms with Gasteiger partial charge in [-0.1, -0.05) is 270 Å². The van der Waals surface area contributed by atoms with Crippen LogP contribution in [0.25, 0.3) is 0 Å². The van der Waals surface area contributed by atoms with E-state index in [1.54, 1.807) is 0 Å². The Bertz CT molecular complexity index is 2030. The lowest BCUT2D eigenvalue weighted by molar-refractivity contribution is -0.386. The van der Waals surface area contributed by atoms with E-state index in [-0.39, 0.29) is 18.9 Å². The number of ether oxygens (including phenoxy) is 6. The fraction of sp³-hybridized carbons (Fsp3) is 0.934. The summed E-state index contributed by atoms with van der Waals surface area (Å²) in [5.41, 5.74) is 0. The van der Waals surface area contributed by atoms with Crippen LogP contribution in [-0.4, -0.2) is 215 Å². The molecular weight excluding hydrogens is 1280 g/mol. The minimum atomic E-state index is -3.08. The number of carbonyl (C=O) groups is 3. The van der Waals surface area contributed by atoms with Gasteiger partial charge in [0.05, 0.1) is 50.7 Å². The molecule has 0 saturated carbocycles. The lowest BCUT2D eigenvalue weighted by Gasteiger charge is -2.50. The molecule has 3 aliphatic heterocycles. The minimum absolute atomic E-state index is 0.221. The van der Waals surface area contributed by atoms with Crippen molar-refractivity contribution in [2.24, 2.45) is 0 Å². The summed E-state index contributed by atoms with van der Waals surface area (Å²) < 4.78 is 35.0. The van der Waals surface area contributed by atoms with Crippen LogP contribution in [0.1, 0.15) is 316 Å². The highest BCUT2D eigenvalue weighted by molar-refractivity contribution is 5.77. The SMILES string of the molecule is CCCCCCCCCCCCC/C=C\CCCCCCCCCC(=O)NC(COC1OC(CO)C(OC2OC(CO)C(O)C(OC3(C(=O)O)CC(O)C(NC(C)=O)C(C(O)C(O)CO)O3)C2O)C(O)C1O)C(O)CCCCCCCCCCCCCCCCCCCCCCCCC. The van der Waals surface area contributed by atoms with Gasteiger partial charge in [-0.25, -0.2) is 4.79 Å². The zero-order chi connectivity index (χ0) is 72.5. The summed E-state index contributed by atoms with van der Waals surface area (Å²) in [5.74, 6) is -6.10. The first-order valence-electron chi connectivity index (χ1n) is 39.5. The highest BCUT2D eigenvalue weighted by Crippen LogP contribution is 2.39. The van der Waals surface area contributed by atoms with Crippen molar-refractivity contribution in [1.82, 2.24) is 10.6 Å². The fourth-order valence-corrected chi connectivity index (χ4v) is 13.9. The second-order valence-corrected chi connectivity index (χ2v) is 28.9. The van der Waals surface area contributed by atoms with Crippen LogP contribution in [0.3, 0.4) is 0 Å². The van der Waals surface area contributed by atoms with Gasteiger partial charge >= 0.3 is 5.97 Å². The van der Waals surface area contributed by atoms with Gasteiger partial charge in [-0.05, 0) is 38.5 Å². The van der Waals surface area contributed by atoms with Gasteiger partial charge in [-0.2, -0.15) is 0 Å². The number of carbonyl (C=O) groups excluding carboxylic acids is 2. The first kappa shape index (κ1) is 90.7. The predicted octanol–water partition coefficient (Wildman–Crippen LogP) is 9.80. The maximum atomic E-state index is 13.5. The number of unbranched alkanes of at least 4 members (excludes halogenated alkanes) is 40. The fourth-order valence-electron chi connectivity index (χ4n) is 13.9. The molecule has 23 nitrogen and oxygen atoms in total. The number of nitrogens with one attached hydrogen (secondary N) is 2. The maximum absolute atomic E-state index is 13.5. The van der Waals surface area contributed by atoms with Gasteiger partial charge in [-0.15, -0.1) is 0 Å². The Labute approximate surface area is 594 Å². The molecule has 18 unspecified atom stereocenters. The van der Waals surface area contributed by atoms with Crippen LogP contribution in [0.5, 0.6) is 0 Å². The number of hydrogen-bond donors (Lipinski definition) is 14. The average molecular weight is 1420 g/mol. The van der Waals surface area contributed by atoms with Gasteiger partial charge in [0, 0.05) is 19.8 Å². The van der Waals surface area contributed by atoms with Crippen molar-refractivity contribution in [2.45, 2.75) is 426 Å². The van der Waals surface area contributed by atoms with Crippen LogP contribution in [0.15, 0.2) is 12.2 Å². The molecule has 0 aromatic carbocycles. The molecule has 582 valence electrons. The largest absolute Gasteiger partial charge is 0.477 e. The van der Waals surface area contributed by atoms with Gasteiger partial charge in [0.1, 0.15) is 67.1 Å². The van der Waals surface area contributed by atoms with Crippen molar-refractivity contribution in [3.63, 3.8) is 0 Å². The minimum Gasteiger partial charge on any atom is -0.477 e. The van der Waals surface area contributed by atoms with Crippen LogP contribution in [-0.2, 0) is 42.8 Å². The Morgan fingerprint density at radius 2 is 0.939 bits per heavy atom. The second-order valence-electron chi connectivity index (χ2n) is 28.9. The molecule has 0 aromatic heterocycles. The number of allylic oxidation sites excluding steroid dienone is 2. The third-order valence-corrected chi connectivity index (χ3v) is 20.2. The zero-order valence-electron chi connectivity index (χ0n) is 61.4. The smallest absolute Gasteiger partial charge is 0.364 e. The van der Waals surface area contributed by atoms with E-state index in [1.165, 1.54) is 186 Å². The molecule has 14 N–H and O–H groups in total. The third kappa shape index (κ3) is 36.8. The van der Waals surface area contributed by atoms with Crippen molar-refractivity contribution in [3.05, 3.63) is 12.2 Å². The van der Waals surface area contributed by atoms with E-state index in [9.17, 15) is 75.7 Å². The van der Waals surface area contributed by atoms with Gasteiger partial charge in [0.2, 0.25) is 11.8 Å². The molecule has 3 aliphatic rings. The number of hydrogen-bond acceptors (Lipinski definition) is 20. The van der Waals surface area contributed by atoms with Gasteiger partial charge in [0.15, 0.2) is 12.6 Å². The number of carboxylic acids is 1. The average Bonchev–Trinajstić information content (AvgIpc) is 0.757. The molecule has 3 heterocycles. The lowest BCUT2D eigenvalue weighted by atomic mass is 9.88. The van der Waals surface area contributed by atoms with E-state index >= 15 is 0 Å². The van der Waals surface area contributed by atoms with E-state index in [0.29, 0.717) is 19.3 Å². The van der Waals surface area contributed by atoms with Crippen LogP contribution in [0.4, 0.5) is 0 Å². The van der Waals surface area contributed by atoms with E-state index in [0.717, 1.165) is 84.0 Å². The topological polar surface area (TPSA) is 373 Å². The molecule has 18 atom stereocenters. The molecule has 0 aliphatic carbocycles. The van der Waals surface area contributed by atoms with Crippen LogP contribution >= 0.6 is 0 Å². The summed E-state index contributed by atoms with van der Waals surface area (Å²) in [6.07, 6.45) is 29.1. The van der Waals surface area contributed by atoms with Crippen molar-refractivity contribution >= 4 is 17.8 Å². The van der Waals surface area contributed by atoms with E-state index in [4.69, 9.17) is 28.4 Å². The molecule has 23 heteroatoms. The van der Waals surface area contributed by atoms with Crippen LogP contribution < -0.4 is 10.6 Å².